The van der Waals surface area contributed by atoms with Crippen LogP contribution in [0.25, 0.3) is 0 Å². The van der Waals surface area contributed by atoms with E-state index in [1.54, 1.807) is 14.2 Å². The minimum atomic E-state index is -1.24. The Morgan fingerprint density at radius 3 is 2.38 bits per heavy atom. The molecule has 0 amide bonds. The molecule has 0 aromatic heterocycles. The highest BCUT2D eigenvalue weighted by molar-refractivity contribution is 7.98. The van der Waals surface area contributed by atoms with Crippen molar-refractivity contribution in [3.63, 3.8) is 0 Å². The van der Waals surface area contributed by atoms with Crippen LogP contribution in [0.15, 0.2) is 22.2 Å². The molecule has 2 fully saturated rings. The molecule has 4 aliphatic rings. The van der Waals surface area contributed by atoms with Gasteiger partial charge in [-0.05, 0) is 23.9 Å². The fraction of sp³-hybridized carbons (Fsp3) is 0.765. The number of alkyl halides is 2. The van der Waals surface area contributed by atoms with Crippen LogP contribution >= 0.6 is 46.4 Å². The Morgan fingerprint density at radius 1 is 1.17 bits per heavy atom. The molecule has 24 heavy (non-hydrogen) atoms. The van der Waals surface area contributed by atoms with Crippen LogP contribution in [0.5, 0.6) is 0 Å². The van der Waals surface area contributed by atoms with Gasteiger partial charge in [-0.25, -0.2) is 0 Å². The lowest BCUT2D eigenvalue weighted by Crippen LogP contribution is -2.58. The van der Waals surface area contributed by atoms with Crippen molar-refractivity contribution in [3.05, 3.63) is 22.2 Å². The Hall–Kier alpha value is 0.910. The summed E-state index contributed by atoms with van der Waals surface area (Å²) >= 11 is 27.8. The topological polar surface area (TPSA) is 18.5 Å². The lowest BCUT2D eigenvalue weighted by atomic mass is 9.75. The molecule has 0 spiro atoms. The first-order valence-electron chi connectivity index (χ1n) is 8.24. The summed E-state index contributed by atoms with van der Waals surface area (Å²) < 4.78 is 11.8. The molecule has 4 rings (SSSR count). The van der Waals surface area contributed by atoms with Crippen molar-refractivity contribution < 1.29 is 9.47 Å². The number of hydrogen-bond donors (Lipinski definition) is 0. The molecule has 2 aliphatic carbocycles. The summed E-state index contributed by atoms with van der Waals surface area (Å²) in [4.78, 5) is -2.07. The SMILES string of the molecule is CC[S+]1C2C=CCC1C1C(C2)C2(Cl)C(Cl)=C(Cl)C1(Cl)C2(OC)OC. The van der Waals surface area contributed by atoms with Gasteiger partial charge in [-0.15, -0.1) is 23.2 Å². The van der Waals surface area contributed by atoms with Crippen LogP contribution in [0, 0.1) is 11.8 Å². The minimum absolute atomic E-state index is 0.0850. The van der Waals surface area contributed by atoms with E-state index >= 15 is 0 Å². The molecule has 7 heteroatoms. The van der Waals surface area contributed by atoms with Crippen LogP contribution in [0.2, 0.25) is 0 Å². The third-order valence-electron chi connectivity index (χ3n) is 6.49. The Labute approximate surface area is 166 Å². The van der Waals surface area contributed by atoms with Crippen LogP contribution in [0.1, 0.15) is 19.8 Å². The van der Waals surface area contributed by atoms with Gasteiger partial charge in [0.1, 0.15) is 26.0 Å². The molecule has 2 heterocycles. The largest absolute Gasteiger partial charge is 0.350 e. The first-order chi connectivity index (χ1) is 11.3. The average molecular weight is 431 g/mol. The number of ether oxygens (including phenoxy) is 2. The second-order valence-electron chi connectivity index (χ2n) is 6.94. The van der Waals surface area contributed by atoms with Gasteiger partial charge in [0, 0.05) is 38.9 Å². The van der Waals surface area contributed by atoms with E-state index in [-0.39, 0.29) is 22.7 Å². The standard InChI is InChI=1S/C17H21Cl4O2S/c1-4-24-9-6-5-7-11(24)12-10(8-9)15(20)13(18)14(19)16(12,21)17(15,22-2)23-3/h5-6,9-12H,4,7-8H2,1-3H3/q+1. The number of hydrogen-bond acceptors (Lipinski definition) is 2. The lowest BCUT2D eigenvalue weighted by Gasteiger charge is -2.46. The van der Waals surface area contributed by atoms with Gasteiger partial charge in [0.25, 0.3) is 0 Å². The van der Waals surface area contributed by atoms with Crippen molar-refractivity contribution in [1.82, 2.24) is 0 Å². The van der Waals surface area contributed by atoms with Crippen LogP contribution in [0.4, 0.5) is 0 Å². The van der Waals surface area contributed by atoms with Gasteiger partial charge >= 0.3 is 0 Å². The Morgan fingerprint density at radius 2 is 1.79 bits per heavy atom. The molecule has 134 valence electrons. The Kier molecular flexibility index (Phi) is 4.34. The van der Waals surface area contributed by atoms with Crippen LogP contribution < -0.4 is 0 Å². The van der Waals surface area contributed by atoms with Crippen molar-refractivity contribution >= 4 is 57.3 Å². The normalized spacial score (nSPS) is 51.2. The van der Waals surface area contributed by atoms with Gasteiger partial charge in [0.2, 0.25) is 5.79 Å². The number of rotatable bonds is 3. The van der Waals surface area contributed by atoms with Gasteiger partial charge in [-0.1, -0.05) is 29.3 Å². The predicted octanol–water partition coefficient (Wildman–Crippen LogP) is 4.62. The molecule has 0 radical (unpaired) electrons. The Balaban J connectivity index is 1.95. The maximum absolute atomic E-state index is 7.27. The molecule has 4 bridgehead atoms. The summed E-state index contributed by atoms with van der Waals surface area (Å²) in [5.74, 6) is 0.0814. The molecule has 0 N–H and O–H groups in total. The zero-order valence-electron chi connectivity index (χ0n) is 13.8. The molecule has 7 unspecified atom stereocenters. The van der Waals surface area contributed by atoms with Crippen LogP contribution in [-0.4, -0.2) is 46.0 Å². The highest BCUT2D eigenvalue weighted by Crippen LogP contribution is 2.77. The molecular formula is C17H21Cl4O2S+. The summed E-state index contributed by atoms with van der Waals surface area (Å²) in [6.07, 6.45) is 6.59. The van der Waals surface area contributed by atoms with E-state index in [2.05, 4.69) is 19.1 Å². The maximum Gasteiger partial charge on any atom is 0.217 e. The van der Waals surface area contributed by atoms with Gasteiger partial charge in [0.15, 0.2) is 0 Å². The first-order valence-corrected chi connectivity index (χ1v) is 11.3. The van der Waals surface area contributed by atoms with E-state index in [4.69, 9.17) is 55.9 Å². The highest BCUT2D eigenvalue weighted by atomic mass is 35.5. The van der Waals surface area contributed by atoms with Gasteiger partial charge in [-0.2, -0.15) is 0 Å². The van der Waals surface area contributed by atoms with Crippen molar-refractivity contribution in [2.75, 3.05) is 20.0 Å². The molecule has 0 aromatic rings. The lowest BCUT2D eigenvalue weighted by molar-refractivity contribution is -0.220. The number of fused-ring (bicyclic) bond motifs is 8. The monoisotopic (exact) mass is 429 g/mol. The second-order valence-corrected chi connectivity index (χ2v) is 11.6. The summed E-state index contributed by atoms with van der Waals surface area (Å²) in [6, 6.07) is 0. The van der Waals surface area contributed by atoms with E-state index in [9.17, 15) is 0 Å². The van der Waals surface area contributed by atoms with Crippen LogP contribution in [0.3, 0.4) is 0 Å². The van der Waals surface area contributed by atoms with Crippen molar-refractivity contribution in [3.8, 4) is 0 Å². The average Bonchev–Trinajstić information content (AvgIpc) is 2.82. The van der Waals surface area contributed by atoms with Crippen molar-refractivity contribution in [1.29, 1.82) is 0 Å². The number of halogens is 4. The first kappa shape index (κ1) is 18.3. The number of allylic oxidation sites excluding steroid dienone is 1. The molecule has 0 aromatic carbocycles. The maximum atomic E-state index is 7.27. The van der Waals surface area contributed by atoms with E-state index in [1.165, 1.54) is 0 Å². The summed E-state index contributed by atoms with van der Waals surface area (Å²) in [5, 5.41) is 1.76. The third kappa shape index (κ3) is 1.68. The minimum Gasteiger partial charge on any atom is -0.350 e. The quantitative estimate of drug-likeness (QED) is 0.281. The molecular weight excluding hydrogens is 410 g/mol. The van der Waals surface area contributed by atoms with E-state index in [0.29, 0.717) is 20.6 Å². The summed E-state index contributed by atoms with van der Waals surface area (Å²) in [6.45, 7) is 2.26. The smallest absolute Gasteiger partial charge is 0.217 e. The summed E-state index contributed by atoms with van der Waals surface area (Å²) in [5.41, 5.74) is 0. The fourth-order valence-electron chi connectivity index (χ4n) is 5.70. The van der Waals surface area contributed by atoms with E-state index in [0.717, 1.165) is 18.6 Å². The zero-order chi connectivity index (χ0) is 17.5. The third-order valence-corrected chi connectivity index (χ3v) is 12.2. The predicted molar refractivity (Wildman–Crippen MR) is 103 cm³/mol. The second kappa shape index (κ2) is 5.70. The zero-order valence-corrected chi connectivity index (χ0v) is 17.7. The van der Waals surface area contributed by atoms with Gasteiger partial charge in [-0.3, -0.25) is 0 Å². The molecule has 1 saturated heterocycles. The van der Waals surface area contributed by atoms with Gasteiger partial charge in [0.05, 0.1) is 10.1 Å². The van der Waals surface area contributed by atoms with E-state index < -0.39 is 15.5 Å². The molecule has 7 atom stereocenters. The van der Waals surface area contributed by atoms with E-state index in [1.807, 2.05) is 0 Å². The summed E-state index contributed by atoms with van der Waals surface area (Å²) in [7, 11) is 3.43. The van der Waals surface area contributed by atoms with Crippen molar-refractivity contribution in [2.24, 2.45) is 11.8 Å². The van der Waals surface area contributed by atoms with Gasteiger partial charge < -0.3 is 9.47 Å². The molecule has 2 aliphatic heterocycles. The van der Waals surface area contributed by atoms with Crippen molar-refractivity contribution in [2.45, 2.75) is 45.8 Å². The fourth-order valence-corrected chi connectivity index (χ4v) is 11.3. The number of methoxy groups -OCH3 is 2. The molecule has 2 nitrogen and oxygen atoms in total. The Bertz CT molecular complexity index is 634. The highest BCUT2D eigenvalue weighted by Gasteiger charge is 2.87. The molecule has 1 saturated carbocycles. The van der Waals surface area contributed by atoms with Crippen LogP contribution in [-0.2, 0) is 20.4 Å².